The molecule has 1 fully saturated rings. The molecule has 1 aliphatic carbocycles. The summed E-state index contributed by atoms with van der Waals surface area (Å²) in [5.74, 6) is -1.86. The molecule has 4 nitrogen and oxygen atoms in total. The zero-order chi connectivity index (χ0) is 13.1. The first-order chi connectivity index (χ1) is 8.59. The Morgan fingerprint density at radius 1 is 1.44 bits per heavy atom. The fourth-order valence-corrected chi connectivity index (χ4v) is 3.25. The summed E-state index contributed by atoms with van der Waals surface area (Å²) in [6.45, 7) is 1.92. The van der Waals surface area contributed by atoms with Gasteiger partial charge in [0.2, 0.25) is 5.91 Å². The normalized spacial score (nSPS) is 24.7. The molecule has 0 aromatic carbocycles. The molecule has 5 heteroatoms. The monoisotopic (exact) mass is 267 g/mol. The molecule has 0 radical (unpaired) electrons. The Morgan fingerprint density at radius 2 is 2.17 bits per heavy atom. The van der Waals surface area contributed by atoms with Gasteiger partial charge in [-0.3, -0.25) is 9.59 Å². The number of carbonyl (C=O) groups excluding carboxylic acids is 1. The van der Waals surface area contributed by atoms with Crippen LogP contribution < -0.4 is 5.32 Å². The molecule has 98 valence electrons. The lowest BCUT2D eigenvalue weighted by atomic mass is 9.95. The van der Waals surface area contributed by atoms with Gasteiger partial charge in [-0.15, -0.1) is 0 Å². The molecule has 2 rings (SSSR count). The summed E-state index contributed by atoms with van der Waals surface area (Å²) in [5, 5.41) is 15.9. The lowest BCUT2D eigenvalue weighted by Crippen LogP contribution is -2.36. The number of amides is 1. The first-order valence-corrected chi connectivity index (χ1v) is 7.09. The van der Waals surface area contributed by atoms with Gasteiger partial charge in [0.25, 0.3) is 0 Å². The second-order valence-electron chi connectivity index (χ2n) is 4.77. The maximum absolute atomic E-state index is 12.1. The lowest BCUT2D eigenvalue weighted by Gasteiger charge is -2.19. The smallest absolute Gasteiger partial charge is 0.307 e. The van der Waals surface area contributed by atoms with Gasteiger partial charge in [-0.2, -0.15) is 11.3 Å². The van der Waals surface area contributed by atoms with Gasteiger partial charge in [-0.05, 0) is 42.2 Å². The number of nitrogens with one attached hydrogen (secondary N) is 1. The minimum absolute atomic E-state index is 0.0567. The van der Waals surface area contributed by atoms with Crippen molar-refractivity contribution in [3.63, 3.8) is 0 Å². The average molecular weight is 267 g/mol. The van der Waals surface area contributed by atoms with E-state index in [1.165, 1.54) is 0 Å². The molecule has 1 aliphatic rings. The van der Waals surface area contributed by atoms with Crippen molar-refractivity contribution in [3.05, 3.63) is 22.4 Å². The molecule has 3 unspecified atom stereocenters. The number of aliphatic carboxylic acids is 1. The molecular formula is C13H17NO3S. The molecule has 1 aromatic rings. The van der Waals surface area contributed by atoms with E-state index in [1.54, 1.807) is 11.3 Å². The summed E-state index contributed by atoms with van der Waals surface area (Å²) in [6, 6.07) is 1.91. The minimum atomic E-state index is -0.851. The summed E-state index contributed by atoms with van der Waals surface area (Å²) < 4.78 is 0. The Balaban J connectivity index is 1.97. The Morgan fingerprint density at radius 3 is 2.78 bits per heavy atom. The molecule has 1 amide bonds. The van der Waals surface area contributed by atoms with Crippen molar-refractivity contribution < 1.29 is 14.7 Å². The number of hydrogen-bond acceptors (Lipinski definition) is 3. The van der Waals surface area contributed by atoms with Crippen LogP contribution in [0, 0.1) is 11.8 Å². The molecule has 1 saturated carbocycles. The Kier molecular flexibility index (Phi) is 4.01. The topological polar surface area (TPSA) is 66.4 Å². The number of carbonyl (C=O) groups is 2. The number of carboxylic acid groups (broad SMARTS) is 1. The van der Waals surface area contributed by atoms with E-state index in [4.69, 9.17) is 5.11 Å². The molecular weight excluding hydrogens is 250 g/mol. The minimum Gasteiger partial charge on any atom is -0.481 e. The highest BCUT2D eigenvalue weighted by atomic mass is 32.1. The molecule has 0 saturated heterocycles. The van der Waals surface area contributed by atoms with Crippen molar-refractivity contribution in [3.8, 4) is 0 Å². The fraction of sp³-hybridized carbons (Fsp3) is 0.538. The van der Waals surface area contributed by atoms with Crippen LogP contribution in [0.25, 0.3) is 0 Å². The molecule has 3 atom stereocenters. The second-order valence-corrected chi connectivity index (χ2v) is 5.55. The summed E-state index contributed by atoms with van der Waals surface area (Å²) in [4.78, 5) is 23.1. The Labute approximate surface area is 110 Å². The van der Waals surface area contributed by atoms with Gasteiger partial charge in [-0.1, -0.05) is 6.42 Å². The SMILES string of the molecule is CC(NC(=O)C1CCCC1C(=O)O)c1ccsc1. The van der Waals surface area contributed by atoms with Crippen molar-refractivity contribution in [2.45, 2.75) is 32.2 Å². The third-order valence-electron chi connectivity index (χ3n) is 3.57. The van der Waals surface area contributed by atoms with Crippen LogP contribution in [0.2, 0.25) is 0 Å². The van der Waals surface area contributed by atoms with Crippen LogP contribution in [-0.4, -0.2) is 17.0 Å². The summed E-state index contributed by atoms with van der Waals surface area (Å²) in [7, 11) is 0. The van der Waals surface area contributed by atoms with Crippen molar-refractivity contribution >= 4 is 23.2 Å². The summed E-state index contributed by atoms with van der Waals surface area (Å²) in [6.07, 6.45) is 2.11. The average Bonchev–Trinajstić information content (AvgIpc) is 3.00. The van der Waals surface area contributed by atoms with E-state index >= 15 is 0 Å². The fourth-order valence-electron chi connectivity index (χ4n) is 2.49. The third kappa shape index (κ3) is 2.72. The van der Waals surface area contributed by atoms with E-state index in [2.05, 4.69) is 5.32 Å². The van der Waals surface area contributed by atoms with Crippen LogP contribution >= 0.6 is 11.3 Å². The van der Waals surface area contributed by atoms with Gasteiger partial charge in [0.05, 0.1) is 17.9 Å². The van der Waals surface area contributed by atoms with Crippen LogP contribution in [-0.2, 0) is 9.59 Å². The predicted molar refractivity (Wildman–Crippen MR) is 69.3 cm³/mol. The quantitative estimate of drug-likeness (QED) is 0.880. The van der Waals surface area contributed by atoms with Gasteiger partial charge in [0.1, 0.15) is 0 Å². The van der Waals surface area contributed by atoms with Crippen LogP contribution in [0.5, 0.6) is 0 Å². The van der Waals surface area contributed by atoms with Crippen LogP contribution in [0.3, 0.4) is 0 Å². The first kappa shape index (κ1) is 13.1. The van der Waals surface area contributed by atoms with Gasteiger partial charge >= 0.3 is 5.97 Å². The summed E-state index contributed by atoms with van der Waals surface area (Å²) >= 11 is 1.59. The van der Waals surface area contributed by atoms with Crippen molar-refractivity contribution in [2.75, 3.05) is 0 Å². The maximum atomic E-state index is 12.1. The number of thiophene rings is 1. The standard InChI is InChI=1S/C13H17NO3S/c1-8(9-5-6-18-7-9)14-12(15)10-3-2-4-11(10)13(16)17/h5-8,10-11H,2-4H2,1H3,(H,14,15)(H,16,17). The van der Waals surface area contributed by atoms with Crippen molar-refractivity contribution in [1.29, 1.82) is 0 Å². The van der Waals surface area contributed by atoms with E-state index in [0.717, 1.165) is 12.0 Å². The van der Waals surface area contributed by atoms with E-state index in [0.29, 0.717) is 12.8 Å². The molecule has 1 heterocycles. The largest absolute Gasteiger partial charge is 0.481 e. The molecule has 0 aliphatic heterocycles. The molecule has 2 N–H and O–H groups in total. The van der Waals surface area contributed by atoms with Crippen molar-refractivity contribution in [1.82, 2.24) is 5.32 Å². The summed E-state index contributed by atoms with van der Waals surface area (Å²) in [5.41, 5.74) is 1.07. The number of rotatable bonds is 4. The molecule has 18 heavy (non-hydrogen) atoms. The zero-order valence-electron chi connectivity index (χ0n) is 10.3. The van der Waals surface area contributed by atoms with Gasteiger partial charge < -0.3 is 10.4 Å². The maximum Gasteiger partial charge on any atom is 0.307 e. The lowest BCUT2D eigenvalue weighted by molar-refractivity contribution is -0.146. The highest BCUT2D eigenvalue weighted by Gasteiger charge is 2.38. The van der Waals surface area contributed by atoms with Gasteiger partial charge in [-0.25, -0.2) is 0 Å². The Hall–Kier alpha value is -1.36. The number of hydrogen-bond donors (Lipinski definition) is 2. The third-order valence-corrected chi connectivity index (χ3v) is 4.27. The van der Waals surface area contributed by atoms with E-state index in [9.17, 15) is 9.59 Å². The van der Waals surface area contributed by atoms with Crippen LogP contribution in [0.15, 0.2) is 16.8 Å². The highest BCUT2D eigenvalue weighted by Crippen LogP contribution is 2.32. The predicted octanol–water partition coefficient (Wildman–Crippen LogP) is 2.43. The van der Waals surface area contributed by atoms with Crippen molar-refractivity contribution in [2.24, 2.45) is 11.8 Å². The van der Waals surface area contributed by atoms with E-state index < -0.39 is 11.9 Å². The molecule has 0 bridgehead atoms. The molecule has 1 aromatic heterocycles. The second kappa shape index (κ2) is 5.52. The van der Waals surface area contributed by atoms with Crippen LogP contribution in [0.4, 0.5) is 0 Å². The zero-order valence-corrected chi connectivity index (χ0v) is 11.1. The van der Waals surface area contributed by atoms with Gasteiger partial charge in [0.15, 0.2) is 0 Å². The Bertz CT molecular complexity index is 429. The van der Waals surface area contributed by atoms with Gasteiger partial charge in [0, 0.05) is 0 Å². The van der Waals surface area contributed by atoms with Crippen LogP contribution in [0.1, 0.15) is 37.8 Å². The van der Waals surface area contributed by atoms with E-state index in [-0.39, 0.29) is 17.9 Å². The molecule has 0 spiro atoms. The number of carboxylic acids is 1. The van der Waals surface area contributed by atoms with E-state index in [1.807, 2.05) is 23.8 Å². The highest BCUT2D eigenvalue weighted by molar-refractivity contribution is 7.07. The first-order valence-electron chi connectivity index (χ1n) is 6.15.